The molecular weight excluding hydrogens is 354 g/mol. The molecule has 0 aliphatic rings. The summed E-state index contributed by atoms with van der Waals surface area (Å²) in [5, 5.41) is 27.7. The van der Waals surface area contributed by atoms with Crippen LogP contribution in [0, 0.1) is 0 Å². The first-order valence-electron chi connectivity index (χ1n) is 8.30. The van der Waals surface area contributed by atoms with Crippen LogP contribution in [0.4, 0.5) is 0 Å². The number of aliphatic carboxylic acids is 2. The van der Waals surface area contributed by atoms with Gasteiger partial charge in [0.1, 0.15) is 24.2 Å². The Morgan fingerprint density at radius 1 is 1.26 bits per heavy atom. The Balaban J connectivity index is 0.000000972. The summed E-state index contributed by atoms with van der Waals surface area (Å²) in [6, 6.07) is 5.74. The Bertz CT molecular complexity index is 611. The van der Waals surface area contributed by atoms with Gasteiger partial charge in [-0.2, -0.15) is 0 Å². The van der Waals surface area contributed by atoms with Gasteiger partial charge in [-0.1, -0.05) is 26.8 Å². The highest BCUT2D eigenvalue weighted by molar-refractivity contribution is 6.27. The number of benzene rings is 1. The van der Waals surface area contributed by atoms with Crippen molar-refractivity contribution < 1.29 is 34.4 Å². The van der Waals surface area contributed by atoms with Crippen molar-refractivity contribution in [2.45, 2.75) is 32.3 Å². The van der Waals surface area contributed by atoms with E-state index in [1.807, 2.05) is 18.2 Å². The summed E-state index contributed by atoms with van der Waals surface area (Å²) >= 11 is 0. The number of aliphatic hydroxyl groups is 1. The largest absolute Gasteiger partial charge is 0.497 e. The first kappa shape index (κ1) is 24.4. The van der Waals surface area contributed by atoms with E-state index in [0.29, 0.717) is 13.1 Å². The summed E-state index contributed by atoms with van der Waals surface area (Å²) in [5.41, 5.74) is 1.00. The smallest absolute Gasteiger partial charge is 0.414 e. The maximum Gasteiger partial charge on any atom is 0.414 e. The van der Waals surface area contributed by atoms with Gasteiger partial charge < -0.3 is 30.1 Å². The van der Waals surface area contributed by atoms with E-state index in [9.17, 15) is 5.11 Å². The van der Waals surface area contributed by atoms with Crippen molar-refractivity contribution in [3.8, 4) is 11.5 Å². The molecule has 0 saturated carbocycles. The maximum atomic E-state index is 9.89. The molecule has 1 aromatic carbocycles. The lowest BCUT2D eigenvalue weighted by molar-refractivity contribution is -0.159. The molecular formula is C19H29NO7. The molecule has 1 aromatic rings. The third-order valence-electron chi connectivity index (χ3n) is 3.28. The quantitative estimate of drug-likeness (QED) is 0.303. The Morgan fingerprint density at radius 2 is 1.85 bits per heavy atom. The second kappa shape index (κ2) is 11.9. The summed E-state index contributed by atoms with van der Waals surface area (Å²) in [7, 11) is 1.65. The van der Waals surface area contributed by atoms with Gasteiger partial charge in [-0.3, -0.25) is 0 Å². The molecule has 1 atom stereocenters. The number of hydrogen-bond donors (Lipinski definition) is 4. The number of hydrogen-bond acceptors (Lipinski definition) is 6. The van der Waals surface area contributed by atoms with Crippen molar-refractivity contribution >= 4 is 11.9 Å². The first-order chi connectivity index (χ1) is 12.5. The van der Waals surface area contributed by atoms with Gasteiger partial charge in [0.15, 0.2) is 0 Å². The zero-order valence-electron chi connectivity index (χ0n) is 16.2. The van der Waals surface area contributed by atoms with Crippen molar-refractivity contribution in [1.82, 2.24) is 5.32 Å². The molecule has 0 amide bonds. The van der Waals surface area contributed by atoms with Crippen molar-refractivity contribution in [3.05, 3.63) is 36.4 Å². The number of methoxy groups -OCH3 is 1. The lowest BCUT2D eigenvalue weighted by Crippen LogP contribution is -2.31. The van der Waals surface area contributed by atoms with Crippen LogP contribution in [-0.2, 0) is 15.0 Å². The molecule has 152 valence electrons. The third kappa shape index (κ3) is 10.2. The molecule has 27 heavy (non-hydrogen) atoms. The zero-order valence-corrected chi connectivity index (χ0v) is 16.2. The average molecular weight is 383 g/mol. The van der Waals surface area contributed by atoms with Crippen LogP contribution in [0.3, 0.4) is 0 Å². The van der Waals surface area contributed by atoms with E-state index in [-0.39, 0.29) is 12.0 Å². The summed E-state index contributed by atoms with van der Waals surface area (Å²) in [4.78, 5) is 18.2. The van der Waals surface area contributed by atoms with Gasteiger partial charge in [-0.15, -0.1) is 6.58 Å². The molecule has 0 saturated heterocycles. The molecule has 1 unspecified atom stereocenters. The van der Waals surface area contributed by atoms with Crippen molar-refractivity contribution in [2.24, 2.45) is 0 Å². The monoisotopic (exact) mass is 383 g/mol. The van der Waals surface area contributed by atoms with E-state index in [0.717, 1.165) is 17.1 Å². The van der Waals surface area contributed by atoms with Crippen LogP contribution in [0.2, 0.25) is 0 Å². The second-order valence-electron chi connectivity index (χ2n) is 6.63. The van der Waals surface area contributed by atoms with Crippen LogP contribution < -0.4 is 14.8 Å². The van der Waals surface area contributed by atoms with Crippen LogP contribution >= 0.6 is 0 Å². The molecule has 0 aliphatic carbocycles. The van der Waals surface area contributed by atoms with Crippen molar-refractivity contribution in [3.63, 3.8) is 0 Å². The highest BCUT2D eigenvalue weighted by Gasteiger charge is 2.20. The van der Waals surface area contributed by atoms with Gasteiger partial charge in [0.05, 0.1) is 7.11 Å². The molecule has 0 spiro atoms. The van der Waals surface area contributed by atoms with Gasteiger partial charge in [-0.25, -0.2) is 9.59 Å². The molecule has 8 nitrogen and oxygen atoms in total. The van der Waals surface area contributed by atoms with E-state index in [1.165, 1.54) is 0 Å². The number of carboxylic acids is 2. The predicted octanol–water partition coefficient (Wildman–Crippen LogP) is 1.66. The molecule has 1 rings (SSSR count). The van der Waals surface area contributed by atoms with Crippen molar-refractivity contribution in [2.75, 3.05) is 26.8 Å². The number of carbonyl (C=O) groups is 2. The summed E-state index contributed by atoms with van der Waals surface area (Å²) < 4.78 is 11.1. The summed E-state index contributed by atoms with van der Waals surface area (Å²) in [6.45, 7) is 11.4. The molecule has 4 N–H and O–H groups in total. The van der Waals surface area contributed by atoms with E-state index in [2.05, 4.69) is 32.7 Å². The Labute approximate surface area is 159 Å². The van der Waals surface area contributed by atoms with E-state index in [4.69, 9.17) is 29.3 Å². The Kier molecular flexibility index (Phi) is 10.8. The standard InChI is InChI=1S/C17H27NO3.C2H2O4/c1-6-9-18-11-13(19)12-21-16-8-7-14(20-5)10-15(16)17(2,3)4;3-1(4)2(5)6/h6-8,10,13,18-19H,1,9,11-12H2,2-5H3;(H,3,4)(H,5,6). The number of carboxylic acid groups (broad SMARTS) is 2. The second-order valence-corrected chi connectivity index (χ2v) is 6.63. The minimum atomic E-state index is -1.82. The topological polar surface area (TPSA) is 125 Å². The summed E-state index contributed by atoms with van der Waals surface area (Å²) in [5.74, 6) is -2.06. The van der Waals surface area contributed by atoms with E-state index in [1.54, 1.807) is 13.2 Å². The fraction of sp³-hybridized carbons (Fsp3) is 0.474. The minimum absolute atomic E-state index is 0.0596. The molecule has 0 aromatic heterocycles. The first-order valence-corrected chi connectivity index (χ1v) is 8.30. The maximum absolute atomic E-state index is 9.89. The average Bonchev–Trinajstić information content (AvgIpc) is 2.59. The van der Waals surface area contributed by atoms with Gasteiger partial charge in [0, 0.05) is 18.7 Å². The fourth-order valence-electron chi connectivity index (χ4n) is 1.94. The summed E-state index contributed by atoms with van der Waals surface area (Å²) in [6.07, 6.45) is 1.20. The third-order valence-corrected chi connectivity index (χ3v) is 3.28. The van der Waals surface area contributed by atoms with Gasteiger partial charge >= 0.3 is 11.9 Å². The zero-order chi connectivity index (χ0) is 21.0. The van der Waals surface area contributed by atoms with Gasteiger partial charge in [-0.05, 0) is 23.6 Å². The molecule has 0 heterocycles. The van der Waals surface area contributed by atoms with Crippen molar-refractivity contribution in [1.29, 1.82) is 0 Å². The molecule has 0 fully saturated rings. The van der Waals surface area contributed by atoms with Crippen LogP contribution in [0.5, 0.6) is 11.5 Å². The van der Waals surface area contributed by atoms with Crippen LogP contribution in [0.25, 0.3) is 0 Å². The number of nitrogens with one attached hydrogen (secondary N) is 1. The number of aliphatic hydroxyl groups excluding tert-OH is 1. The lowest BCUT2D eigenvalue weighted by atomic mass is 9.86. The Morgan fingerprint density at radius 3 is 2.30 bits per heavy atom. The van der Waals surface area contributed by atoms with E-state index >= 15 is 0 Å². The lowest BCUT2D eigenvalue weighted by Gasteiger charge is -2.24. The van der Waals surface area contributed by atoms with Crippen LogP contribution in [0.1, 0.15) is 26.3 Å². The molecule has 8 heteroatoms. The van der Waals surface area contributed by atoms with E-state index < -0.39 is 18.0 Å². The fourth-order valence-corrected chi connectivity index (χ4v) is 1.94. The molecule has 0 bridgehead atoms. The van der Waals surface area contributed by atoms with Gasteiger partial charge in [0.2, 0.25) is 0 Å². The SMILES string of the molecule is C=CCNCC(O)COc1ccc(OC)cc1C(C)(C)C.O=C(O)C(=O)O. The van der Waals surface area contributed by atoms with Gasteiger partial charge in [0.25, 0.3) is 0 Å². The number of ether oxygens (including phenoxy) is 2. The predicted molar refractivity (Wildman–Crippen MR) is 102 cm³/mol. The number of rotatable bonds is 8. The van der Waals surface area contributed by atoms with Crippen LogP contribution in [-0.4, -0.2) is 60.2 Å². The van der Waals surface area contributed by atoms with Crippen LogP contribution in [0.15, 0.2) is 30.9 Å². The minimum Gasteiger partial charge on any atom is -0.497 e. The normalized spacial score (nSPS) is 11.6. The highest BCUT2D eigenvalue weighted by Crippen LogP contribution is 2.34. The Hall–Kier alpha value is -2.58. The molecule has 0 aliphatic heterocycles. The highest BCUT2D eigenvalue weighted by atomic mass is 16.5. The molecule has 0 radical (unpaired) electrons.